The fourth-order valence-electron chi connectivity index (χ4n) is 8.52. The molecule has 0 bridgehead atoms. The Kier molecular flexibility index (Phi) is 56.8. The highest BCUT2D eigenvalue weighted by atomic mass is 16.6. The van der Waals surface area contributed by atoms with Crippen LogP contribution in [0.1, 0.15) is 303 Å². The summed E-state index contributed by atoms with van der Waals surface area (Å²) in [4.78, 5) is 25.6. The maximum absolute atomic E-state index is 12.9. The Labute approximate surface area is 424 Å². The van der Waals surface area contributed by atoms with Crippen LogP contribution in [0, 0.1) is 0 Å². The lowest BCUT2D eigenvalue weighted by atomic mass is 10.1. The van der Waals surface area contributed by atoms with E-state index in [1.165, 1.54) is 218 Å². The summed E-state index contributed by atoms with van der Waals surface area (Å²) < 4.78 is 17.5. The Morgan fingerprint density at radius 1 is 0.324 bits per heavy atom. The smallest absolute Gasteiger partial charge is 0.306 e. The van der Waals surface area contributed by atoms with E-state index in [1.54, 1.807) is 0 Å². The summed E-state index contributed by atoms with van der Waals surface area (Å²) in [5.41, 5.74) is 0. The van der Waals surface area contributed by atoms with E-state index in [-0.39, 0.29) is 25.2 Å². The van der Waals surface area contributed by atoms with Gasteiger partial charge in [0, 0.05) is 19.4 Å². The normalized spacial score (nSPS) is 12.6. The van der Waals surface area contributed by atoms with Gasteiger partial charge in [0.2, 0.25) is 0 Å². The first-order valence-electron chi connectivity index (χ1n) is 29.8. The molecule has 0 aromatic rings. The maximum atomic E-state index is 12.9. The van der Waals surface area contributed by atoms with E-state index in [1.807, 2.05) is 0 Å². The number of rotatable bonds is 55. The van der Waals surface area contributed by atoms with Gasteiger partial charge < -0.3 is 14.2 Å². The Bertz CT molecular complexity index is 1170. The van der Waals surface area contributed by atoms with E-state index in [2.05, 4.69) is 81.5 Å². The van der Waals surface area contributed by atoms with Crippen LogP contribution in [0.25, 0.3) is 0 Å². The van der Waals surface area contributed by atoms with Crippen LogP contribution in [0.2, 0.25) is 0 Å². The summed E-state index contributed by atoms with van der Waals surface area (Å²) in [7, 11) is 0. The summed E-state index contributed by atoms with van der Waals surface area (Å²) in [6.45, 7) is 7.75. The quantitative estimate of drug-likeness (QED) is 0.0345. The molecular weight excluding hydrogens is 837 g/mol. The predicted molar refractivity (Wildman–Crippen MR) is 298 cm³/mol. The van der Waals surface area contributed by atoms with Gasteiger partial charge in [-0.1, -0.05) is 248 Å². The van der Waals surface area contributed by atoms with Gasteiger partial charge in [0.15, 0.2) is 6.10 Å². The van der Waals surface area contributed by atoms with Crippen LogP contribution in [-0.2, 0) is 23.8 Å². The monoisotopic (exact) mass is 951 g/mol. The molecule has 5 nitrogen and oxygen atoms in total. The van der Waals surface area contributed by atoms with Crippen LogP contribution in [-0.4, -0.2) is 37.9 Å². The summed E-state index contributed by atoms with van der Waals surface area (Å²) in [6.07, 6.45) is 75.3. The fraction of sp³-hybridized carbons (Fsp3) is 0.810. The molecule has 0 aliphatic carbocycles. The molecule has 68 heavy (non-hydrogen) atoms. The summed E-state index contributed by atoms with van der Waals surface area (Å²) >= 11 is 0. The number of ether oxygens (including phenoxy) is 3. The van der Waals surface area contributed by atoms with Gasteiger partial charge in [-0.3, -0.25) is 9.59 Å². The minimum atomic E-state index is -0.546. The molecule has 0 aromatic carbocycles. The van der Waals surface area contributed by atoms with Gasteiger partial charge in [-0.2, -0.15) is 0 Å². The molecule has 0 heterocycles. The SMILES string of the molecule is CCC/C=C\C/C=C\CCCCCCCCOCC(COC(=O)CCCCCCCCCCC/C=C\C/C=C\CCCCC)OC(=O)CCCCCCCCCCC/C=C\CCCCCCCC. The second-order valence-corrected chi connectivity index (χ2v) is 19.9. The Hall–Kier alpha value is -2.40. The lowest BCUT2D eigenvalue weighted by Gasteiger charge is -2.18. The largest absolute Gasteiger partial charge is 0.462 e. The summed E-state index contributed by atoms with van der Waals surface area (Å²) in [5, 5.41) is 0. The molecule has 1 atom stereocenters. The topological polar surface area (TPSA) is 61.8 Å². The van der Waals surface area contributed by atoms with Gasteiger partial charge in [-0.05, 0) is 103 Å². The molecule has 0 aliphatic heterocycles. The molecule has 0 N–H and O–H groups in total. The van der Waals surface area contributed by atoms with Gasteiger partial charge in [0.1, 0.15) is 6.61 Å². The molecule has 1 unspecified atom stereocenters. The van der Waals surface area contributed by atoms with Crippen molar-refractivity contribution in [3.63, 3.8) is 0 Å². The molecule has 0 saturated carbocycles. The van der Waals surface area contributed by atoms with E-state index in [0.717, 1.165) is 51.4 Å². The lowest BCUT2D eigenvalue weighted by Crippen LogP contribution is -2.30. The molecule has 0 aromatic heterocycles. The van der Waals surface area contributed by atoms with Crippen LogP contribution in [0.3, 0.4) is 0 Å². The molecule has 0 amide bonds. The van der Waals surface area contributed by atoms with Gasteiger partial charge >= 0.3 is 11.9 Å². The van der Waals surface area contributed by atoms with Crippen molar-refractivity contribution < 1.29 is 23.8 Å². The van der Waals surface area contributed by atoms with Crippen molar-refractivity contribution in [2.75, 3.05) is 19.8 Å². The zero-order valence-electron chi connectivity index (χ0n) is 45.6. The Morgan fingerprint density at radius 3 is 1.07 bits per heavy atom. The molecule has 0 radical (unpaired) electrons. The summed E-state index contributed by atoms with van der Waals surface area (Å²) in [5.74, 6) is -0.398. The van der Waals surface area contributed by atoms with Crippen molar-refractivity contribution in [3.05, 3.63) is 60.8 Å². The van der Waals surface area contributed by atoms with E-state index in [9.17, 15) is 9.59 Å². The standard InChI is InChI=1S/C63H114O5/c1-4-7-10-13-16-19-22-25-28-30-32-34-36-38-41-44-47-50-53-56-62(64)67-60-61(59-66-58-55-52-49-46-43-40-27-24-21-18-15-12-9-6-3)68-63(65)57-54-51-48-45-42-39-37-35-33-31-29-26-23-20-17-14-11-8-5-2/h12,15-16,19,21,24-26,28-29,61H,4-11,13-14,17-18,20,22-23,27,30-60H2,1-3H3/b15-12-,19-16-,24-21-,28-25-,29-26-. The highest BCUT2D eigenvalue weighted by Gasteiger charge is 2.17. The number of carbonyl (C=O) groups is 2. The third kappa shape index (κ3) is 56.2. The van der Waals surface area contributed by atoms with Crippen LogP contribution < -0.4 is 0 Å². The van der Waals surface area contributed by atoms with Crippen LogP contribution in [0.4, 0.5) is 0 Å². The fourth-order valence-corrected chi connectivity index (χ4v) is 8.52. The van der Waals surface area contributed by atoms with Crippen LogP contribution >= 0.6 is 0 Å². The second kappa shape index (κ2) is 58.9. The van der Waals surface area contributed by atoms with E-state index in [4.69, 9.17) is 14.2 Å². The van der Waals surface area contributed by atoms with E-state index >= 15 is 0 Å². The Balaban J connectivity index is 4.25. The molecule has 0 fully saturated rings. The molecule has 0 saturated heterocycles. The summed E-state index contributed by atoms with van der Waals surface area (Å²) in [6, 6.07) is 0. The third-order valence-corrected chi connectivity index (χ3v) is 13.0. The number of carbonyl (C=O) groups excluding carboxylic acids is 2. The van der Waals surface area contributed by atoms with Gasteiger partial charge in [0.25, 0.3) is 0 Å². The van der Waals surface area contributed by atoms with Crippen molar-refractivity contribution in [3.8, 4) is 0 Å². The first-order chi connectivity index (χ1) is 33.6. The van der Waals surface area contributed by atoms with Gasteiger partial charge in [0.05, 0.1) is 6.61 Å². The minimum Gasteiger partial charge on any atom is -0.462 e. The molecule has 0 rings (SSSR count). The number of unbranched alkanes of at least 4 members (excludes halogenated alkanes) is 34. The van der Waals surface area contributed by atoms with Crippen molar-refractivity contribution in [2.45, 2.75) is 309 Å². The number of hydrogen-bond donors (Lipinski definition) is 0. The highest BCUT2D eigenvalue weighted by molar-refractivity contribution is 5.70. The predicted octanol–water partition coefficient (Wildman–Crippen LogP) is 20.5. The highest BCUT2D eigenvalue weighted by Crippen LogP contribution is 2.16. The molecule has 0 spiro atoms. The molecule has 5 heteroatoms. The first kappa shape index (κ1) is 65.6. The van der Waals surface area contributed by atoms with Crippen LogP contribution in [0.15, 0.2) is 60.8 Å². The number of hydrogen-bond acceptors (Lipinski definition) is 5. The lowest BCUT2D eigenvalue weighted by molar-refractivity contribution is -0.163. The third-order valence-electron chi connectivity index (χ3n) is 13.0. The average Bonchev–Trinajstić information content (AvgIpc) is 3.34. The van der Waals surface area contributed by atoms with Crippen molar-refractivity contribution in [2.24, 2.45) is 0 Å². The molecule has 396 valence electrons. The minimum absolute atomic E-state index is 0.0789. The van der Waals surface area contributed by atoms with Crippen molar-refractivity contribution in [1.29, 1.82) is 0 Å². The zero-order chi connectivity index (χ0) is 49.2. The number of esters is 2. The zero-order valence-corrected chi connectivity index (χ0v) is 45.6. The van der Waals surface area contributed by atoms with E-state index < -0.39 is 6.10 Å². The van der Waals surface area contributed by atoms with Gasteiger partial charge in [-0.15, -0.1) is 0 Å². The van der Waals surface area contributed by atoms with Crippen molar-refractivity contribution >= 4 is 11.9 Å². The molecule has 0 aliphatic rings. The van der Waals surface area contributed by atoms with Gasteiger partial charge in [-0.25, -0.2) is 0 Å². The first-order valence-corrected chi connectivity index (χ1v) is 29.8. The van der Waals surface area contributed by atoms with Crippen LogP contribution in [0.5, 0.6) is 0 Å². The van der Waals surface area contributed by atoms with E-state index in [0.29, 0.717) is 19.4 Å². The number of allylic oxidation sites excluding steroid dienone is 10. The second-order valence-electron chi connectivity index (χ2n) is 19.9. The Morgan fingerprint density at radius 2 is 0.647 bits per heavy atom. The average molecular weight is 952 g/mol. The van der Waals surface area contributed by atoms with Crippen molar-refractivity contribution in [1.82, 2.24) is 0 Å². The maximum Gasteiger partial charge on any atom is 0.306 e. The molecular formula is C63H114O5.